The molecule has 0 aliphatic carbocycles. The quantitative estimate of drug-likeness (QED) is 0.579. The van der Waals surface area contributed by atoms with E-state index in [2.05, 4.69) is 10.6 Å². The summed E-state index contributed by atoms with van der Waals surface area (Å²) < 4.78 is 13.3. The second-order valence-electron chi connectivity index (χ2n) is 6.77. The Hall–Kier alpha value is -3.55. The summed E-state index contributed by atoms with van der Waals surface area (Å²) in [5.74, 6) is -1.77. The van der Waals surface area contributed by atoms with Crippen LogP contribution in [0.25, 0.3) is 0 Å². The van der Waals surface area contributed by atoms with E-state index in [1.54, 1.807) is 25.1 Å². The van der Waals surface area contributed by atoms with Crippen molar-refractivity contribution in [1.29, 1.82) is 0 Å². The summed E-state index contributed by atoms with van der Waals surface area (Å²) in [4.78, 5) is 50.1. The summed E-state index contributed by atoms with van der Waals surface area (Å²) in [5, 5.41) is 5.22. The molecule has 2 N–H and O–H groups in total. The molecule has 0 aromatic heterocycles. The van der Waals surface area contributed by atoms with Crippen LogP contribution in [-0.2, 0) is 15.1 Å². The van der Waals surface area contributed by atoms with Crippen molar-refractivity contribution in [3.8, 4) is 0 Å². The zero-order chi connectivity index (χ0) is 21.2. The second-order valence-corrected chi connectivity index (χ2v) is 6.77. The lowest BCUT2D eigenvalue weighted by molar-refractivity contribution is -0.134. The number of amides is 4. The van der Waals surface area contributed by atoms with E-state index in [0.717, 1.165) is 4.90 Å². The van der Waals surface area contributed by atoms with Gasteiger partial charge in [-0.25, -0.2) is 9.18 Å². The van der Waals surface area contributed by atoms with Crippen LogP contribution in [0.15, 0.2) is 48.5 Å². The van der Waals surface area contributed by atoms with Gasteiger partial charge in [-0.05, 0) is 43.2 Å². The van der Waals surface area contributed by atoms with Crippen molar-refractivity contribution in [2.75, 3.05) is 11.9 Å². The molecular formula is C21H20FN3O4. The predicted octanol–water partition coefficient (Wildman–Crippen LogP) is 2.82. The average molecular weight is 397 g/mol. The summed E-state index contributed by atoms with van der Waals surface area (Å²) in [7, 11) is 0. The van der Waals surface area contributed by atoms with Gasteiger partial charge in [0.15, 0.2) is 5.78 Å². The van der Waals surface area contributed by atoms with Crippen LogP contribution in [0.3, 0.4) is 0 Å². The Morgan fingerprint density at radius 2 is 1.83 bits per heavy atom. The minimum atomic E-state index is -1.35. The number of Topliss-reactive ketones (excluding diaryl/α,β-unsaturated/α-hetero) is 1. The normalized spacial score (nSPS) is 18.5. The Bertz CT molecular complexity index is 990. The fourth-order valence-corrected chi connectivity index (χ4v) is 3.30. The molecule has 0 bridgehead atoms. The van der Waals surface area contributed by atoms with E-state index >= 15 is 0 Å². The van der Waals surface area contributed by atoms with Crippen molar-refractivity contribution >= 4 is 29.3 Å². The average Bonchev–Trinajstić information content (AvgIpc) is 2.93. The van der Waals surface area contributed by atoms with E-state index in [9.17, 15) is 23.6 Å². The number of hydrogen-bond donors (Lipinski definition) is 2. The van der Waals surface area contributed by atoms with Crippen molar-refractivity contribution in [2.45, 2.75) is 25.8 Å². The van der Waals surface area contributed by atoms with Gasteiger partial charge >= 0.3 is 6.03 Å². The monoisotopic (exact) mass is 397 g/mol. The van der Waals surface area contributed by atoms with Gasteiger partial charge in [-0.3, -0.25) is 19.3 Å². The Kier molecular flexibility index (Phi) is 5.45. The first-order valence-electron chi connectivity index (χ1n) is 9.08. The van der Waals surface area contributed by atoms with E-state index in [1.807, 2.05) is 0 Å². The number of anilines is 1. The van der Waals surface area contributed by atoms with E-state index in [4.69, 9.17) is 0 Å². The van der Waals surface area contributed by atoms with E-state index in [-0.39, 0.29) is 12.2 Å². The number of benzene rings is 2. The molecule has 150 valence electrons. The summed E-state index contributed by atoms with van der Waals surface area (Å²) in [6.45, 7) is 2.64. The van der Waals surface area contributed by atoms with Gasteiger partial charge in [0.25, 0.3) is 5.91 Å². The molecule has 1 atom stereocenters. The number of imide groups is 1. The molecule has 7 nitrogen and oxygen atoms in total. The first-order chi connectivity index (χ1) is 13.8. The molecule has 8 heteroatoms. The number of hydrogen-bond acceptors (Lipinski definition) is 4. The van der Waals surface area contributed by atoms with Gasteiger partial charge in [-0.1, -0.05) is 31.2 Å². The van der Waals surface area contributed by atoms with E-state index in [1.165, 1.54) is 37.3 Å². The van der Waals surface area contributed by atoms with Gasteiger partial charge in [0, 0.05) is 11.3 Å². The Morgan fingerprint density at radius 3 is 2.45 bits per heavy atom. The molecule has 1 saturated heterocycles. The molecule has 2 aromatic rings. The number of carbonyl (C=O) groups is 4. The van der Waals surface area contributed by atoms with Crippen molar-refractivity contribution in [2.24, 2.45) is 0 Å². The van der Waals surface area contributed by atoms with Gasteiger partial charge in [-0.15, -0.1) is 0 Å². The number of carbonyl (C=O) groups excluding carboxylic acids is 4. The van der Waals surface area contributed by atoms with Crippen LogP contribution in [0.4, 0.5) is 14.9 Å². The predicted molar refractivity (Wildman–Crippen MR) is 104 cm³/mol. The minimum Gasteiger partial charge on any atom is -0.325 e. The van der Waals surface area contributed by atoms with Crippen molar-refractivity contribution in [1.82, 2.24) is 10.2 Å². The summed E-state index contributed by atoms with van der Waals surface area (Å²) in [6.07, 6.45) is 0.238. The summed E-state index contributed by atoms with van der Waals surface area (Å²) >= 11 is 0. The number of ketones is 1. The van der Waals surface area contributed by atoms with Crippen molar-refractivity contribution < 1.29 is 23.6 Å². The smallest absolute Gasteiger partial charge is 0.325 e. The van der Waals surface area contributed by atoms with Gasteiger partial charge in [0.1, 0.15) is 17.9 Å². The Labute approximate surface area is 166 Å². The van der Waals surface area contributed by atoms with Crippen LogP contribution in [0, 0.1) is 5.82 Å². The number of rotatable bonds is 6. The van der Waals surface area contributed by atoms with Crippen LogP contribution in [0.2, 0.25) is 0 Å². The number of nitrogens with zero attached hydrogens (tertiary/aromatic N) is 1. The largest absolute Gasteiger partial charge is 0.325 e. The van der Waals surface area contributed by atoms with Crippen LogP contribution < -0.4 is 10.6 Å². The molecule has 0 saturated carbocycles. The third-order valence-electron chi connectivity index (χ3n) is 4.90. The van der Waals surface area contributed by atoms with Gasteiger partial charge < -0.3 is 10.6 Å². The highest BCUT2D eigenvalue weighted by molar-refractivity contribution is 6.10. The maximum atomic E-state index is 13.3. The highest BCUT2D eigenvalue weighted by Crippen LogP contribution is 2.32. The molecule has 2 aromatic carbocycles. The van der Waals surface area contributed by atoms with Gasteiger partial charge in [0.2, 0.25) is 5.91 Å². The first-order valence-corrected chi connectivity index (χ1v) is 9.08. The molecule has 0 unspecified atom stereocenters. The molecular weight excluding hydrogens is 377 g/mol. The van der Waals surface area contributed by atoms with Gasteiger partial charge in [-0.2, -0.15) is 0 Å². The van der Waals surface area contributed by atoms with E-state index in [0.29, 0.717) is 16.8 Å². The third kappa shape index (κ3) is 3.87. The molecule has 1 aliphatic rings. The lowest BCUT2D eigenvalue weighted by Crippen LogP contribution is -2.44. The third-order valence-corrected chi connectivity index (χ3v) is 4.90. The molecule has 1 fully saturated rings. The molecule has 1 aliphatic heterocycles. The SMILES string of the molecule is CC[C@]1(c2ccc(F)cc2)NC(=O)N(CC(=O)Nc2cccc(C(C)=O)c2)C1=O. The van der Waals surface area contributed by atoms with Gasteiger partial charge in [0.05, 0.1) is 0 Å². The lowest BCUT2D eigenvalue weighted by atomic mass is 9.87. The van der Waals surface area contributed by atoms with Crippen LogP contribution in [0.1, 0.15) is 36.2 Å². The van der Waals surface area contributed by atoms with Crippen molar-refractivity contribution in [3.05, 3.63) is 65.5 Å². The molecule has 3 rings (SSSR count). The van der Waals surface area contributed by atoms with Crippen LogP contribution in [0.5, 0.6) is 0 Å². The maximum absolute atomic E-state index is 13.3. The fourth-order valence-electron chi connectivity index (χ4n) is 3.30. The van der Waals surface area contributed by atoms with E-state index < -0.39 is 35.7 Å². The van der Waals surface area contributed by atoms with Crippen LogP contribution >= 0.6 is 0 Å². The molecule has 0 spiro atoms. The Balaban J connectivity index is 1.77. The Morgan fingerprint density at radius 1 is 1.14 bits per heavy atom. The maximum Gasteiger partial charge on any atom is 0.325 e. The number of nitrogens with one attached hydrogen (secondary N) is 2. The first kappa shape index (κ1) is 20.2. The standard InChI is InChI=1S/C21H20FN3O4/c1-3-21(15-7-9-16(22)10-8-15)19(28)25(20(29)24-21)12-18(27)23-17-6-4-5-14(11-17)13(2)26/h4-11H,3,12H2,1-2H3,(H,23,27)(H,24,29)/t21-/m1/s1. The number of urea groups is 1. The molecule has 0 radical (unpaired) electrons. The summed E-state index contributed by atoms with van der Waals surface area (Å²) in [5.41, 5.74) is -0.0921. The molecule has 29 heavy (non-hydrogen) atoms. The van der Waals surface area contributed by atoms with Crippen LogP contribution in [-0.4, -0.2) is 35.1 Å². The second kappa shape index (κ2) is 7.83. The zero-order valence-electron chi connectivity index (χ0n) is 16.0. The molecule has 4 amide bonds. The highest BCUT2D eigenvalue weighted by atomic mass is 19.1. The highest BCUT2D eigenvalue weighted by Gasteiger charge is 2.51. The zero-order valence-corrected chi connectivity index (χ0v) is 16.0. The lowest BCUT2D eigenvalue weighted by Gasteiger charge is -2.25. The van der Waals surface area contributed by atoms with Crippen molar-refractivity contribution in [3.63, 3.8) is 0 Å². The topological polar surface area (TPSA) is 95.6 Å². The minimum absolute atomic E-state index is 0.151. The summed E-state index contributed by atoms with van der Waals surface area (Å²) in [6, 6.07) is 11.0. The molecule has 1 heterocycles. The number of halogens is 1. The fraction of sp³-hybridized carbons (Fsp3) is 0.238.